The standard InChI is InChI=1S/C30H46O14/c31-29(43-23-25-21-39-15-13-35-8-7-33-5-6-34-9-11-37-17-19-41-25)27-3-1-2-4-28(27)30(32)44-24-26-22-40-16-14-36-10-12-38-18-20-42-26/h1-4,25-26H,5-24H2. The maximum Gasteiger partial charge on any atom is 0.339 e. The Morgan fingerprint density at radius 3 is 1.11 bits per heavy atom. The molecule has 2 atom stereocenters. The fourth-order valence-electron chi connectivity index (χ4n) is 3.92. The van der Waals surface area contributed by atoms with E-state index in [1.807, 2.05) is 0 Å². The molecule has 0 saturated carbocycles. The highest BCUT2D eigenvalue weighted by Crippen LogP contribution is 2.13. The highest BCUT2D eigenvalue weighted by Gasteiger charge is 2.22. The van der Waals surface area contributed by atoms with Crippen LogP contribution in [0.2, 0.25) is 0 Å². The molecule has 0 amide bonds. The van der Waals surface area contributed by atoms with Gasteiger partial charge in [-0.15, -0.1) is 0 Å². The van der Waals surface area contributed by atoms with Crippen molar-refractivity contribution in [1.29, 1.82) is 0 Å². The minimum atomic E-state index is -0.694. The molecule has 14 nitrogen and oxygen atoms in total. The summed E-state index contributed by atoms with van der Waals surface area (Å²) in [6, 6.07) is 6.29. The topological polar surface area (TPSA) is 145 Å². The molecule has 14 heteroatoms. The number of carbonyl (C=O) groups excluding carboxylic acids is 2. The van der Waals surface area contributed by atoms with Crippen molar-refractivity contribution < 1.29 is 66.4 Å². The molecule has 250 valence electrons. The maximum absolute atomic E-state index is 13.1. The van der Waals surface area contributed by atoms with Crippen LogP contribution in [0.3, 0.4) is 0 Å². The number of rotatable bonds is 6. The Balaban J connectivity index is 1.49. The molecule has 1 aromatic carbocycles. The normalized spacial score (nSPS) is 23.5. The second kappa shape index (κ2) is 24.1. The van der Waals surface area contributed by atoms with E-state index >= 15 is 0 Å². The van der Waals surface area contributed by atoms with Crippen LogP contribution < -0.4 is 0 Å². The molecule has 0 aliphatic carbocycles. The predicted octanol–water partition coefficient (Wildman–Crippen LogP) is 0.931. The zero-order valence-electron chi connectivity index (χ0n) is 25.3. The van der Waals surface area contributed by atoms with Crippen LogP contribution in [0, 0.1) is 0 Å². The summed E-state index contributed by atoms with van der Waals surface area (Å²) in [6.45, 7) is 6.70. The third kappa shape index (κ3) is 16.2. The van der Waals surface area contributed by atoms with Gasteiger partial charge >= 0.3 is 11.9 Å². The van der Waals surface area contributed by atoms with E-state index in [9.17, 15) is 9.59 Å². The van der Waals surface area contributed by atoms with Gasteiger partial charge in [-0.3, -0.25) is 0 Å². The Bertz CT molecular complexity index is 870. The zero-order chi connectivity index (χ0) is 30.9. The summed E-state index contributed by atoms with van der Waals surface area (Å²) in [7, 11) is 0. The van der Waals surface area contributed by atoms with Gasteiger partial charge in [0.1, 0.15) is 25.4 Å². The van der Waals surface area contributed by atoms with Crippen LogP contribution >= 0.6 is 0 Å². The number of benzene rings is 1. The molecule has 0 radical (unpaired) electrons. The first-order valence-electron chi connectivity index (χ1n) is 15.0. The number of hydrogen-bond donors (Lipinski definition) is 0. The van der Waals surface area contributed by atoms with E-state index in [1.54, 1.807) is 12.1 Å². The molecule has 3 rings (SSSR count). The second-order valence-corrected chi connectivity index (χ2v) is 9.55. The average molecular weight is 631 g/mol. The fourth-order valence-corrected chi connectivity index (χ4v) is 3.92. The summed E-state index contributed by atoms with van der Waals surface area (Å²) in [5.41, 5.74) is 0.140. The van der Waals surface area contributed by atoms with E-state index in [-0.39, 0.29) is 44.2 Å². The molecule has 0 spiro atoms. The highest BCUT2D eigenvalue weighted by molar-refractivity contribution is 6.03. The van der Waals surface area contributed by atoms with Crippen molar-refractivity contribution in [2.75, 3.05) is 132 Å². The molecular formula is C30H46O14. The molecule has 0 N–H and O–H groups in total. The lowest BCUT2D eigenvalue weighted by Crippen LogP contribution is -2.31. The van der Waals surface area contributed by atoms with Crippen molar-refractivity contribution in [3.8, 4) is 0 Å². The van der Waals surface area contributed by atoms with Gasteiger partial charge in [-0.2, -0.15) is 0 Å². The number of esters is 2. The van der Waals surface area contributed by atoms with Gasteiger partial charge in [-0.25, -0.2) is 9.59 Å². The van der Waals surface area contributed by atoms with Gasteiger partial charge in [-0.1, -0.05) is 12.1 Å². The Morgan fingerprint density at radius 2 is 0.773 bits per heavy atom. The number of carbonyl (C=O) groups is 2. The highest BCUT2D eigenvalue weighted by atomic mass is 16.6. The van der Waals surface area contributed by atoms with Gasteiger partial charge in [-0.05, 0) is 12.1 Å². The van der Waals surface area contributed by atoms with E-state index in [4.69, 9.17) is 56.8 Å². The predicted molar refractivity (Wildman–Crippen MR) is 153 cm³/mol. The van der Waals surface area contributed by atoms with Crippen LogP contribution in [0.4, 0.5) is 0 Å². The average Bonchev–Trinajstić information content (AvgIpc) is 3.03. The third-order valence-electron chi connectivity index (χ3n) is 6.17. The summed E-state index contributed by atoms with van der Waals surface area (Å²) in [6.07, 6.45) is -1.07. The van der Waals surface area contributed by atoms with Crippen LogP contribution in [-0.4, -0.2) is 156 Å². The summed E-state index contributed by atoms with van der Waals surface area (Å²) in [5.74, 6) is -1.38. The van der Waals surface area contributed by atoms with E-state index < -0.39 is 24.1 Å². The van der Waals surface area contributed by atoms with E-state index in [1.165, 1.54) is 12.1 Å². The Kier molecular flexibility index (Phi) is 19.8. The van der Waals surface area contributed by atoms with Crippen LogP contribution in [0.1, 0.15) is 20.7 Å². The second-order valence-electron chi connectivity index (χ2n) is 9.55. The summed E-state index contributed by atoms with van der Waals surface area (Å²) < 4.78 is 66.6. The van der Waals surface area contributed by atoms with Crippen LogP contribution in [0.5, 0.6) is 0 Å². The van der Waals surface area contributed by atoms with Crippen LogP contribution in [0.15, 0.2) is 24.3 Å². The van der Waals surface area contributed by atoms with E-state index in [0.717, 1.165) is 0 Å². The van der Waals surface area contributed by atoms with Gasteiger partial charge < -0.3 is 56.8 Å². The van der Waals surface area contributed by atoms with Gasteiger partial charge in [0, 0.05) is 0 Å². The number of hydrogen-bond acceptors (Lipinski definition) is 14. The molecule has 2 unspecified atom stereocenters. The lowest BCUT2D eigenvalue weighted by Gasteiger charge is -2.20. The largest absolute Gasteiger partial charge is 0.459 e. The van der Waals surface area contributed by atoms with E-state index in [2.05, 4.69) is 0 Å². The first kappa shape index (κ1) is 36.2. The van der Waals surface area contributed by atoms with Crippen LogP contribution in [0.25, 0.3) is 0 Å². The summed E-state index contributed by atoms with van der Waals surface area (Å²) in [4.78, 5) is 26.1. The summed E-state index contributed by atoms with van der Waals surface area (Å²) >= 11 is 0. The first-order valence-corrected chi connectivity index (χ1v) is 15.0. The van der Waals surface area contributed by atoms with Gasteiger partial charge in [0.25, 0.3) is 0 Å². The fraction of sp³-hybridized carbons (Fsp3) is 0.733. The molecule has 44 heavy (non-hydrogen) atoms. The molecule has 2 saturated heterocycles. The SMILES string of the molecule is O=C(OCC1COCCOCCOCCOCCOCCO1)c1ccccc1C(=O)OCC1COCCOCCOCCO1. The van der Waals surface area contributed by atoms with Gasteiger partial charge in [0.15, 0.2) is 0 Å². The minimum Gasteiger partial charge on any atom is -0.459 e. The lowest BCUT2D eigenvalue weighted by atomic mass is 10.1. The van der Waals surface area contributed by atoms with Crippen molar-refractivity contribution in [1.82, 2.24) is 0 Å². The molecule has 2 aliphatic rings. The van der Waals surface area contributed by atoms with Gasteiger partial charge in [0.2, 0.25) is 0 Å². The summed E-state index contributed by atoms with van der Waals surface area (Å²) in [5, 5.41) is 0. The van der Waals surface area contributed by atoms with Crippen molar-refractivity contribution in [2.24, 2.45) is 0 Å². The van der Waals surface area contributed by atoms with Crippen LogP contribution in [-0.2, 0) is 56.8 Å². The smallest absolute Gasteiger partial charge is 0.339 e. The van der Waals surface area contributed by atoms with E-state index in [0.29, 0.717) is 99.1 Å². The number of ether oxygens (including phenoxy) is 12. The first-order chi connectivity index (χ1) is 21.7. The third-order valence-corrected chi connectivity index (χ3v) is 6.17. The molecule has 2 aliphatic heterocycles. The van der Waals surface area contributed by atoms with Crippen molar-refractivity contribution in [2.45, 2.75) is 12.2 Å². The minimum absolute atomic E-state index is 0.0682. The van der Waals surface area contributed by atoms with Crippen molar-refractivity contribution in [3.63, 3.8) is 0 Å². The Hall–Kier alpha value is -2.24. The zero-order valence-corrected chi connectivity index (χ0v) is 25.3. The van der Waals surface area contributed by atoms with Crippen molar-refractivity contribution in [3.05, 3.63) is 35.4 Å². The van der Waals surface area contributed by atoms with Gasteiger partial charge in [0.05, 0.1) is 130 Å². The molecule has 2 heterocycles. The molecule has 1 aromatic rings. The Labute approximate surface area is 258 Å². The maximum atomic E-state index is 13.1. The molecular weight excluding hydrogens is 584 g/mol. The Morgan fingerprint density at radius 1 is 0.477 bits per heavy atom. The molecule has 2 fully saturated rings. The quantitative estimate of drug-likeness (QED) is 0.411. The lowest BCUT2D eigenvalue weighted by molar-refractivity contribution is -0.0832. The molecule has 0 aromatic heterocycles. The van der Waals surface area contributed by atoms with Crippen molar-refractivity contribution >= 4 is 11.9 Å². The monoisotopic (exact) mass is 630 g/mol. The molecule has 0 bridgehead atoms.